The molecular weight excluding hydrogens is 270 g/mol. The van der Waals surface area contributed by atoms with E-state index in [0.717, 1.165) is 6.20 Å². The first-order valence-electron chi connectivity index (χ1n) is 5.52. The quantitative estimate of drug-likeness (QED) is 0.783. The van der Waals surface area contributed by atoms with Gasteiger partial charge in [0.15, 0.2) is 0 Å². The molecule has 0 fully saturated rings. The Labute approximate surface area is 110 Å². The SMILES string of the molecule is CCC[C@@H](NS(=O)(=O)c1ccc(C#N)nc1)C(=O)O. The molecule has 0 saturated heterocycles. The molecule has 0 saturated carbocycles. The molecule has 0 bridgehead atoms. The van der Waals surface area contributed by atoms with Crippen molar-refractivity contribution < 1.29 is 18.3 Å². The molecule has 1 atom stereocenters. The first-order chi connectivity index (χ1) is 8.90. The second kappa shape index (κ2) is 6.26. The first-order valence-corrected chi connectivity index (χ1v) is 7.00. The van der Waals surface area contributed by atoms with Crippen LogP contribution in [0.4, 0.5) is 0 Å². The molecule has 1 aromatic heterocycles. The molecular formula is C11H13N3O4S. The van der Waals surface area contributed by atoms with Crippen LogP contribution in [0.5, 0.6) is 0 Å². The Hall–Kier alpha value is -1.98. The maximum Gasteiger partial charge on any atom is 0.321 e. The lowest BCUT2D eigenvalue weighted by molar-refractivity contribution is -0.139. The molecule has 8 heteroatoms. The van der Waals surface area contributed by atoms with Crippen LogP contribution in [0.1, 0.15) is 25.5 Å². The Morgan fingerprint density at radius 2 is 2.26 bits per heavy atom. The summed E-state index contributed by atoms with van der Waals surface area (Å²) in [5, 5.41) is 17.5. The van der Waals surface area contributed by atoms with Crippen molar-refractivity contribution in [1.82, 2.24) is 9.71 Å². The number of sulfonamides is 1. The van der Waals surface area contributed by atoms with Crippen molar-refractivity contribution in [3.05, 3.63) is 24.0 Å². The number of aromatic nitrogens is 1. The van der Waals surface area contributed by atoms with Crippen molar-refractivity contribution >= 4 is 16.0 Å². The Balaban J connectivity index is 2.96. The highest BCUT2D eigenvalue weighted by atomic mass is 32.2. The third kappa shape index (κ3) is 4.01. The minimum atomic E-state index is -3.95. The number of rotatable bonds is 6. The molecule has 7 nitrogen and oxygen atoms in total. The van der Waals surface area contributed by atoms with Crippen LogP contribution in [0.3, 0.4) is 0 Å². The van der Waals surface area contributed by atoms with Gasteiger partial charge in [-0.05, 0) is 18.6 Å². The van der Waals surface area contributed by atoms with E-state index in [0.29, 0.717) is 6.42 Å². The number of carbonyl (C=O) groups is 1. The fourth-order valence-corrected chi connectivity index (χ4v) is 2.55. The second-order valence-corrected chi connectivity index (χ2v) is 5.51. The summed E-state index contributed by atoms with van der Waals surface area (Å²) in [7, 11) is -3.95. The van der Waals surface area contributed by atoms with E-state index in [4.69, 9.17) is 10.4 Å². The normalized spacial score (nSPS) is 12.6. The highest BCUT2D eigenvalue weighted by Gasteiger charge is 2.24. The lowest BCUT2D eigenvalue weighted by atomic mass is 10.2. The van der Waals surface area contributed by atoms with Crippen molar-refractivity contribution in [2.75, 3.05) is 0 Å². The van der Waals surface area contributed by atoms with Crippen LogP contribution in [-0.2, 0) is 14.8 Å². The number of nitrogens with zero attached hydrogens (tertiary/aromatic N) is 2. The maximum absolute atomic E-state index is 11.9. The van der Waals surface area contributed by atoms with Crippen molar-refractivity contribution in [1.29, 1.82) is 5.26 Å². The van der Waals surface area contributed by atoms with Gasteiger partial charge in [-0.1, -0.05) is 13.3 Å². The van der Waals surface area contributed by atoms with Gasteiger partial charge in [0.1, 0.15) is 22.7 Å². The third-order valence-electron chi connectivity index (χ3n) is 2.33. The van der Waals surface area contributed by atoms with Gasteiger partial charge in [0.2, 0.25) is 10.0 Å². The second-order valence-electron chi connectivity index (χ2n) is 3.79. The first kappa shape index (κ1) is 15.1. The monoisotopic (exact) mass is 283 g/mol. The van der Waals surface area contributed by atoms with E-state index in [1.54, 1.807) is 13.0 Å². The molecule has 0 aliphatic heterocycles. The van der Waals surface area contributed by atoms with Gasteiger partial charge in [-0.25, -0.2) is 13.4 Å². The number of hydrogen-bond acceptors (Lipinski definition) is 5. The molecule has 0 aliphatic rings. The highest BCUT2D eigenvalue weighted by molar-refractivity contribution is 7.89. The van der Waals surface area contributed by atoms with Crippen molar-refractivity contribution in [3.63, 3.8) is 0 Å². The average Bonchev–Trinajstić information content (AvgIpc) is 2.38. The molecule has 1 heterocycles. The Morgan fingerprint density at radius 3 is 2.68 bits per heavy atom. The number of pyridine rings is 1. The third-order valence-corrected chi connectivity index (χ3v) is 3.79. The Bertz CT molecular complexity index is 589. The zero-order valence-electron chi connectivity index (χ0n) is 10.2. The van der Waals surface area contributed by atoms with Gasteiger partial charge in [-0.3, -0.25) is 4.79 Å². The molecule has 2 N–H and O–H groups in total. The van der Waals surface area contributed by atoms with Crippen LogP contribution in [-0.4, -0.2) is 30.5 Å². The lowest BCUT2D eigenvalue weighted by Gasteiger charge is -2.13. The van der Waals surface area contributed by atoms with Crippen molar-refractivity contribution in [2.24, 2.45) is 0 Å². The summed E-state index contributed by atoms with van der Waals surface area (Å²) < 4.78 is 25.9. The number of nitrogens with one attached hydrogen (secondary N) is 1. The van der Waals surface area contributed by atoms with Gasteiger partial charge < -0.3 is 5.11 Å². The molecule has 0 amide bonds. The summed E-state index contributed by atoms with van der Waals surface area (Å²) in [5.74, 6) is -1.23. The smallest absolute Gasteiger partial charge is 0.321 e. The van der Waals surface area contributed by atoms with Gasteiger partial charge in [-0.2, -0.15) is 9.98 Å². The van der Waals surface area contributed by atoms with Crippen LogP contribution in [0.25, 0.3) is 0 Å². The van der Waals surface area contributed by atoms with Crippen LogP contribution in [0.2, 0.25) is 0 Å². The van der Waals surface area contributed by atoms with Gasteiger partial charge >= 0.3 is 5.97 Å². The van der Waals surface area contributed by atoms with E-state index >= 15 is 0 Å². The number of nitriles is 1. The summed E-state index contributed by atoms with van der Waals surface area (Å²) in [5.41, 5.74) is 0.0855. The van der Waals surface area contributed by atoms with Crippen molar-refractivity contribution in [2.45, 2.75) is 30.7 Å². The predicted molar refractivity (Wildman–Crippen MR) is 65.6 cm³/mol. The van der Waals surface area contributed by atoms with E-state index < -0.39 is 22.0 Å². The van der Waals surface area contributed by atoms with E-state index in [-0.39, 0.29) is 17.0 Å². The minimum Gasteiger partial charge on any atom is -0.480 e. The van der Waals surface area contributed by atoms with Gasteiger partial charge in [0.25, 0.3) is 0 Å². The lowest BCUT2D eigenvalue weighted by Crippen LogP contribution is -2.40. The summed E-state index contributed by atoms with van der Waals surface area (Å²) in [4.78, 5) is 14.4. The molecule has 1 rings (SSSR count). The van der Waals surface area contributed by atoms with Crippen molar-refractivity contribution in [3.8, 4) is 6.07 Å². The summed E-state index contributed by atoms with van der Waals surface area (Å²) in [6.45, 7) is 1.76. The highest BCUT2D eigenvalue weighted by Crippen LogP contribution is 2.10. The molecule has 0 unspecified atom stereocenters. The largest absolute Gasteiger partial charge is 0.480 e. The Kier molecular flexibility index (Phi) is 4.97. The van der Waals surface area contributed by atoms with E-state index in [2.05, 4.69) is 9.71 Å². The van der Waals surface area contributed by atoms with Gasteiger partial charge in [0.05, 0.1) is 0 Å². The van der Waals surface area contributed by atoms with E-state index in [9.17, 15) is 13.2 Å². The summed E-state index contributed by atoms with van der Waals surface area (Å²) >= 11 is 0. The molecule has 102 valence electrons. The minimum absolute atomic E-state index is 0.0855. The van der Waals surface area contributed by atoms with Crippen LogP contribution >= 0.6 is 0 Å². The fraction of sp³-hybridized carbons (Fsp3) is 0.364. The van der Waals surface area contributed by atoms with Crippen LogP contribution in [0.15, 0.2) is 23.2 Å². The molecule has 1 aromatic rings. The molecule has 0 aliphatic carbocycles. The standard InChI is InChI=1S/C11H13N3O4S/c1-2-3-10(11(15)16)14-19(17,18)9-5-4-8(6-12)13-7-9/h4-5,7,10,14H,2-3H2,1H3,(H,15,16)/t10-/m1/s1. The topological polar surface area (TPSA) is 120 Å². The number of carboxylic acids is 1. The Morgan fingerprint density at radius 1 is 1.58 bits per heavy atom. The van der Waals surface area contributed by atoms with E-state index in [1.807, 2.05) is 0 Å². The molecule has 0 radical (unpaired) electrons. The zero-order valence-corrected chi connectivity index (χ0v) is 11.0. The summed E-state index contributed by atoms with van der Waals surface area (Å²) in [6, 6.07) is 3.05. The maximum atomic E-state index is 11.9. The molecule has 0 spiro atoms. The fourth-order valence-electron chi connectivity index (χ4n) is 1.38. The number of carboxylic acid groups (broad SMARTS) is 1. The average molecular weight is 283 g/mol. The molecule has 0 aromatic carbocycles. The van der Waals surface area contributed by atoms with Crippen LogP contribution < -0.4 is 4.72 Å². The summed E-state index contributed by atoms with van der Waals surface area (Å²) in [6.07, 6.45) is 1.75. The van der Waals surface area contributed by atoms with E-state index in [1.165, 1.54) is 12.1 Å². The van der Waals surface area contributed by atoms with Crippen LogP contribution in [0, 0.1) is 11.3 Å². The zero-order chi connectivity index (χ0) is 14.5. The van der Waals surface area contributed by atoms with Gasteiger partial charge in [-0.15, -0.1) is 0 Å². The molecule has 19 heavy (non-hydrogen) atoms. The van der Waals surface area contributed by atoms with Gasteiger partial charge in [0, 0.05) is 6.20 Å². The predicted octanol–water partition coefficient (Wildman–Crippen LogP) is 0.485. The number of aliphatic carboxylic acids is 1. The number of hydrogen-bond donors (Lipinski definition) is 2.